The summed E-state index contributed by atoms with van der Waals surface area (Å²) >= 11 is 0. The number of nitrogens with two attached hydrogens (primary N) is 1. The molecule has 4 heteroatoms. The third kappa shape index (κ3) is 1.33. The van der Waals surface area contributed by atoms with Crippen molar-refractivity contribution in [1.29, 1.82) is 0 Å². The predicted molar refractivity (Wildman–Crippen MR) is 33.6 cm³/mol. The van der Waals surface area contributed by atoms with E-state index in [1.165, 1.54) is 12.4 Å². The second kappa shape index (κ2) is 2.79. The van der Waals surface area contributed by atoms with Gasteiger partial charge in [-0.25, -0.2) is 0 Å². The highest BCUT2D eigenvalue weighted by atomic mass is 19.3. The molecule has 10 heavy (non-hydrogen) atoms. The molecule has 1 heterocycles. The van der Waals surface area contributed by atoms with Crippen LogP contribution in [0.4, 0.5) is 8.78 Å². The maximum Gasteiger partial charge on any atom is 0.318 e. The standard InChI is InChI=1S/C6H8F2N2/c7-6(8)10-2-1-5(3-9)4-10/h1-2,4,6H,3,9H2. The van der Waals surface area contributed by atoms with Crippen molar-refractivity contribution >= 4 is 0 Å². The molecule has 0 bridgehead atoms. The van der Waals surface area contributed by atoms with Crippen molar-refractivity contribution in [3.05, 3.63) is 24.0 Å². The van der Waals surface area contributed by atoms with Crippen LogP contribution in [0.2, 0.25) is 0 Å². The summed E-state index contributed by atoms with van der Waals surface area (Å²) in [5, 5.41) is 0. The molecule has 0 atom stereocenters. The fourth-order valence-corrected chi connectivity index (χ4v) is 0.701. The van der Waals surface area contributed by atoms with Crippen LogP contribution >= 0.6 is 0 Å². The van der Waals surface area contributed by atoms with E-state index in [4.69, 9.17) is 5.73 Å². The van der Waals surface area contributed by atoms with E-state index in [0.717, 1.165) is 10.1 Å². The van der Waals surface area contributed by atoms with Crippen molar-refractivity contribution < 1.29 is 8.78 Å². The summed E-state index contributed by atoms with van der Waals surface area (Å²) < 4.78 is 24.5. The zero-order chi connectivity index (χ0) is 7.56. The van der Waals surface area contributed by atoms with E-state index in [0.29, 0.717) is 6.54 Å². The number of rotatable bonds is 2. The average molecular weight is 146 g/mol. The van der Waals surface area contributed by atoms with E-state index in [2.05, 4.69) is 0 Å². The monoisotopic (exact) mass is 146 g/mol. The molecule has 0 fully saturated rings. The molecule has 0 radical (unpaired) electrons. The van der Waals surface area contributed by atoms with Gasteiger partial charge in [-0.1, -0.05) is 0 Å². The van der Waals surface area contributed by atoms with Gasteiger partial charge in [0.2, 0.25) is 0 Å². The smallest absolute Gasteiger partial charge is 0.318 e. The molecule has 1 rings (SSSR count). The van der Waals surface area contributed by atoms with Gasteiger partial charge in [0.25, 0.3) is 0 Å². The number of halogens is 2. The molecule has 0 amide bonds. The molecule has 2 nitrogen and oxygen atoms in total. The lowest BCUT2D eigenvalue weighted by Gasteiger charge is -1.96. The molecule has 0 unspecified atom stereocenters. The van der Waals surface area contributed by atoms with E-state index in [-0.39, 0.29) is 0 Å². The van der Waals surface area contributed by atoms with E-state index in [1.807, 2.05) is 0 Å². The third-order valence-corrected chi connectivity index (χ3v) is 1.24. The summed E-state index contributed by atoms with van der Waals surface area (Å²) in [6, 6.07) is 1.58. The molecule has 0 aliphatic carbocycles. The Morgan fingerprint density at radius 2 is 2.30 bits per heavy atom. The topological polar surface area (TPSA) is 30.9 Å². The van der Waals surface area contributed by atoms with Crippen molar-refractivity contribution in [1.82, 2.24) is 4.57 Å². The first-order chi connectivity index (χ1) is 4.74. The fourth-order valence-electron chi connectivity index (χ4n) is 0.701. The maximum atomic E-state index is 11.8. The van der Waals surface area contributed by atoms with Gasteiger partial charge in [0.1, 0.15) is 0 Å². The summed E-state index contributed by atoms with van der Waals surface area (Å²) in [5.41, 5.74) is 5.93. The van der Waals surface area contributed by atoms with Crippen LogP contribution in [0.3, 0.4) is 0 Å². The van der Waals surface area contributed by atoms with Crippen molar-refractivity contribution in [3.8, 4) is 0 Å². The minimum Gasteiger partial charge on any atom is -0.326 e. The molecule has 1 aromatic heterocycles. The summed E-state index contributed by atoms with van der Waals surface area (Å²) in [6.07, 6.45) is 2.65. The molecule has 0 spiro atoms. The summed E-state index contributed by atoms with van der Waals surface area (Å²) in [6.45, 7) is -2.15. The fraction of sp³-hybridized carbons (Fsp3) is 0.333. The second-order valence-corrected chi connectivity index (χ2v) is 1.95. The Bertz CT molecular complexity index is 207. The van der Waals surface area contributed by atoms with Crippen LogP contribution in [-0.4, -0.2) is 4.57 Å². The molecule has 0 saturated heterocycles. The van der Waals surface area contributed by atoms with Crippen LogP contribution in [0.1, 0.15) is 12.1 Å². The first kappa shape index (κ1) is 7.21. The van der Waals surface area contributed by atoms with Crippen LogP contribution in [0.15, 0.2) is 18.5 Å². The lowest BCUT2D eigenvalue weighted by Crippen LogP contribution is -1.96. The highest BCUT2D eigenvalue weighted by Gasteiger charge is 2.03. The number of hydrogen-bond acceptors (Lipinski definition) is 1. The van der Waals surface area contributed by atoms with Crippen LogP contribution in [0, 0.1) is 0 Å². The number of alkyl halides is 2. The Hall–Kier alpha value is -0.900. The largest absolute Gasteiger partial charge is 0.326 e. The van der Waals surface area contributed by atoms with Gasteiger partial charge in [-0.15, -0.1) is 0 Å². The first-order valence-electron chi connectivity index (χ1n) is 2.88. The van der Waals surface area contributed by atoms with Gasteiger partial charge in [-0.05, 0) is 11.6 Å². The summed E-state index contributed by atoms with van der Waals surface area (Å²) in [7, 11) is 0. The third-order valence-electron chi connectivity index (χ3n) is 1.24. The highest BCUT2D eigenvalue weighted by Crippen LogP contribution is 2.11. The normalized spacial score (nSPS) is 10.8. The molecule has 0 aromatic carbocycles. The van der Waals surface area contributed by atoms with Crippen molar-refractivity contribution in [2.75, 3.05) is 0 Å². The van der Waals surface area contributed by atoms with E-state index in [1.54, 1.807) is 6.07 Å². The Kier molecular flexibility index (Phi) is 2.01. The van der Waals surface area contributed by atoms with Gasteiger partial charge < -0.3 is 5.73 Å². The number of aromatic nitrogens is 1. The van der Waals surface area contributed by atoms with Crippen molar-refractivity contribution in [2.24, 2.45) is 5.73 Å². The molecule has 0 saturated carbocycles. The zero-order valence-electron chi connectivity index (χ0n) is 5.30. The van der Waals surface area contributed by atoms with E-state index < -0.39 is 6.55 Å². The van der Waals surface area contributed by atoms with Gasteiger partial charge in [-0.3, -0.25) is 4.57 Å². The van der Waals surface area contributed by atoms with Crippen LogP contribution in [-0.2, 0) is 6.54 Å². The van der Waals surface area contributed by atoms with Gasteiger partial charge in [-0.2, -0.15) is 8.78 Å². The van der Waals surface area contributed by atoms with E-state index in [9.17, 15) is 8.78 Å². The number of nitrogens with zero attached hydrogens (tertiary/aromatic N) is 1. The van der Waals surface area contributed by atoms with Gasteiger partial charge in [0.15, 0.2) is 0 Å². The first-order valence-corrected chi connectivity index (χ1v) is 2.88. The van der Waals surface area contributed by atoms with Crippen LogP contribution in [0.25, 0.3) is 0 Å². The minimum atomic E-state index is -2.46. The van der Waals surface area contributed by atoms with Crippen molar-refractivity contribution in [2.45, 2.75) is 13.1 Å². The molecule has 0 aliphatic heterocycles. The van der Waals surface area contributed by atoms with Crippen molar-refractivity contribution in [3.63, 3.8) is 0 Å². The van der Waals surface area contributed by atoms with Gasteiger partial charge in [0, 0.05) is 18.9 Å². The molecular weight excluding hydrogens is 138 g/mol. The van der Waals surface area contributed by atoms with Gasteiger partial charge >= 0.3 is 6.55 Å². The lowest BCUT2D eigenvalue weighted by molar-refractivity contribution is 0.0706. The Labute approximate surface area is 57.3 Å². The molecule has 1 aromatic rings. The zero-order valence-corrected chi connectivity index (χ0v) is 5.30. The second-order valence-electron chi connectivity index (χ2n) is 1.95. The highest BCUT2D eigenvalue weighted by molar-refractivity contribution is 5.09. The van der Waals surface area contributed by atoms with Crippen LogP contribution in [0.5, 0.6) is 0 Å². The predicted octanol–water partition coefficient (Wildman–Crippen LogP) is 1.34. The van der Waals surface area contributed by atoms with Gasteiger partial charge in [0.05, 0.1) is 0 Å². The molecular formula is C6H8F2N2. The SMILES string of the molecule is NCc1ccn(C(F)F)c1. The minimum absolute atomic E-state index is 0.305. The molecule has 2 N–H and O–H groups in total. The molecule has 56 valence electrons. The average Bonchev–Trinajstić information content (AvgIpc) is 2.34. The maximum absolute atomic E-state index is 11.8. The quantitative estimate of drug-likeness (QED) is 0.670. The van der Waals surface area contributed by atoms with E-state index >= 15 is 0 Å². The Morgan fingerprint density at radius 1 is 1.60 bits per heavy atom. The summed E-state index contributed by atoms with van der Waals surface area (Å²) in [4.78, 5) is 0. The summed E-state index contributed by atoms with van der Waals surface area (Å²) in [5.74, 6) is 0. The Morgan fingerprint density at radius 3 is 2.60 bits per heavy atom. The van der Waals surface area contributed by atoms with Crippen LogP contribution < -0.4 is 5.73 Å². The lowest BCUT2D eigenvalue weighted by atomic mass is 10.4. The Balaban J connectivity index is 2.78. The molecule has 0 aliphatic rings. The number of hydrogen-bond donors (Lipinski definition) is 1.